The SMILES string of the molecule is C[C@H](CC[C@@H](O[C@@H]1O[C@H](CO)[C@@H](O)[C@H](O)[C@H]1O[C@@H]1O[C@H](CO)[C@@H](O)[C@H](O)[C@H]1O)C(C)(C)O)[C@H]1CC[C@@]2(C)[C@@H]3CC=C4[C@@H](CC[C@H](O[C@@H]5O[C@H](CO)[C@@H](O)[C@H](O)[C@H]5O)C4(C)C)[C@]3(C)[C@H](O)C[C@]12C. The lowest BCUT2D eigenvalue weighted by atomic mass is 9.38. The van der Waals surface area contributed by atoms with Gasteiger partial charge in [0.15, 0.2) is 18.9 Å². The number of aliphatic hydroxyl groups excluding tert-OH is 12. The molecule has 67 heavy (non-hydrogen) atoms. The highest BCUT2D eigenvalue weighted by atomic mass is 16.8. The standard InChI is InChI=1S/C48H82O19/c1-21(9-13-31(45(4,5)61)66-43-40(37(58)34(55)27(20-51)64-43)67-42-39(60)36(57)33(54)26(19-50)63-42)22-15-16-46(6)28-12-10-23-24(48(28,8)29(52)17-47(22,46)7)11-14-30(44(23,2)3)65-41-38(59)35(56)32(53)25(18-49)62-41/h10,21-22,24-43,49-61H,9,11-20H2,1-8H3/t21-,22-,24-,25-,26-,27-,28+,29-,30+,31-,32-,33-,34-,35+,36+,37+,38-,39-,40-,41+,42+,43+,46+,47-,48+/m1/s1. The van der Waals surface area contributed by atoms with E-state index in [1.165, 1.54) is 5.57 Å². The van der Waals surface area contributed by atoms with Gasteiger partial charge in [-0.2, -0.15) is 0 Å². The first kappa shape index (κ1) is 53.8. The molecule has 0 aromatic rings. The molecule has 3 saturated carbocycles. The van der Waals surface area contributed by atoms with E-state index in [2.05, 4.69) is 47.6 Å². The Bertz CT molecular complexity index is 1710. The molecule has 13 N–H and O–H groups in total. The fourth-order valence-corrected chi connectivity index (χ4v) is 14.2. The van der Waals surface area contributed by atoms with Crippen molar-refractivity contribution in [2.45, 2.75) is 223 Å². The Balaban J connectivity index is 1.06. The van der Waals surface area contributed by atoms with Crippen molar-refractivity contribution in [3.05, 3.63) is 11.6 Å². The zero-order chi connectivity index (χ0) is 49.5. The van der Waals surface area contributed by atoms with E-state index in [0.29, 0.717) is 25.7 Å². The molecule has 0 aromatic carbocycles. The third-order valence-electron chi connectivity index (χ3n) is 18.7. The van der Waals surface area contributed by atoms with Gasteiger partial charge in [-0.3, -0.25) is 0 Å². The summed E-state index contributed by atoms with van der Waals surface area (Å²) in [5.74, 6) is 0.476. The van der Waals surface area contributed by atoms with Gasteiger partial charge in [-0.1, -0.05) is 53.2 Å². The molecule has 3 saturated heterocycles. The van der Waals surface area contributed by atoms with E-state index >= 15 is 0 Å². The Morgan fingerprint density at radius 1 is 0.657 bits per heavy atom. The van der Waals surface area contributed by atoms with Crippen molar-refractivity contribution in [3.8, 4) is 0 Å². The molecule has 0 spiro atoms. The number of hydrogen-bond acceptors (Lipinski definition) is 19. The van der Waals surface area contributed by atoms with Crippen molar-refractivity contribution in [3.63, 3.8) is 0 Å². The van der Waals surface area contributed by atoms with Crippen molar-refractivity contribution in [2.75, 3.05) is 19.8 Å². The van der Waals surface area contributed by atoms with E-state index in [-0.39, 0.29) is 34.5 Å². The molecular formula is C48H82O19. The molecule has 0 amide bonds. The Morgan fingerprint density at radius 3 is 1.72 bits per heavy atom. The van der Waals surface area contributed by atoms with E-state index in [4.69, 9.17) is 28.4 Å². The maximum atomic E-state index is 12.6. The van der Waals surface area contributed by atoms with Crippen molar-refractivity contribution < 1.29 is 94.8 Å². The van der Waals surface area contributed by atoms with E-state index in [1.807, 2.05) is 0 Å². The minimum atomic E-state index is -1.83. The molecule has 7 rings (SSSR count). The van der Waals surface area contributed by atoms with Gasteiger partial charge in [0.05, 0.1) is 43.7 Å². The lowest BCUT2D eigenvalue weighted by Gasteiger charge is -2.67. The van der Waals surface area contributed by atoms with E-state index in [9.17, 15) is 66.4 Å². The van der Waals surface area contributed by atoms with Gasteiger partial charge >= 0.3 is 0 Å². The molecule has 388 valence electrons. The molecule has 25 atom stereocenters. The monoisotopic (exact) mass is 963 g/mol. The van der Waals surface area contributed by atoms with Gasteiger partial charge in [0.1, 0.15) is 73.2 Å². The number of rotatable bonds is 14. The lowest BCUT2D eigenvalue weighted by molar-refractivity contribution is -0.375. The zero-order valence-electron chi connectivity index (χ0n) is 40.3. The third-order valence-corrected chi connectivity index (χ3v) is 18.7. The Labute approximate surface area is 393 Å². The van der Waals surface area contributed by atoms with Gasteiger partial charge in [-0.25, -0.2) is 0 Å². The van der Waals surface area contributed by atoms with Crippen LogP contribution in [-0.2, 0) is 28.4 Å². The Morgan fingerprint density at radius 2 is 1.18 bits per heavy atom. The van der Waals surface area contributed by atoms with Crippen LogP contribution in [0.5, 0.6) is 0 Å². The van der Waals surface area contributed by atoms with Crippen molar-refractivity contribution in [1.29, 1.82) is 0 Å². The lowest BCUT2D eigenvalue weighted by Crippen LogP contribution is -2.65. The van der Waals surface area contributed by atoms with Gasteiger partial charge in [-0.05, 0) is 99.7 Å². The minimum Gasteiger partial charge on any atom is -0.394 e. The number of aliphatic hydroxyl groups is 13. The minimum absolute atomic E-state index is 0.0500. The van der Waals surface area contributed by atoms with Crippen molar-refractivity contribution in [2.24, 2.45) is 45.3 Å². The van der Waals surface area contributed by atoms with Crippen molar-refractivity contribution >= 4 is 0 Å². The van der Waals surface area contributed by atoms with E-state index in [0.717, 1.165) is 25.7 Å². The van der Waals surface area contributed by atoms with Crippen LogP contribution < -0.4 is 0 Å². The second kappa shape index (κ2) is 19.8. The molecule has 4 aliphatic carbocycles. The van der Waals surface area contributed by atoms with Gasteiger partial charge < -0.3 is 94.8 Å². The highest BCUT2D eigenvalue weighted by Gasteiger charge is 2.70. The number of hydrogen-bond donors (Lipinski definition) is 13. The molecule has 0 bridgehead atoms. The van der Waals surface area contributed by atoms with Crippen LogP contribution in [0.15, 0.2) is 11.6 Å². The van der Waals surface area contributed by atoms with Crippen LogP contribution in [0.4, 0.5) is 0 Å². The summed E-state index contributed by atoms with van der Waals surface area (Å²) < 4.78 is 35.9. The summed E-state index contributed by atoms with van der Waals surface area (Å²) in [7, 11) is 0. The summed E-state index contributed by atoms with van der Waals surface area (Å²) in [6.07, 6.45) is -17.3. The van der Waals surface area contributed by atoms with Crippen LogP contribution in [0.1, 0.15) is 107 Å². The largest absolute Gasteiger partial charge is 0.394 e. The third kappa shape index (κ3) is 9.13. The molecule has 19 nitrogen and oxygen atoms in total. The van der Waals surface area contributed by atoms with Gasteiger partial charge in [0.25, 0.3) is 0 Å². The topological polar surface area (TPSA) is 318 Å². The summed E-state index contributed by atoms with van der Waals surface area (Å²) in [5.41, 5.74) is -1.70. The van der Waals surface area contributed by atoms with Crippen LogP contribution in [0.2, 0.25) is 0 Å². The normalized spacial score (nSPS) is 51.0. The molecule has 0 aromatic heterocycles. The summed E-state index contributed by atoms with van der Waals surface area (Å²) in [6, 6.07) is 0. The molecule has 0 unspecified atom stereocenters. The molecule has 3 heterocycles. The molecule has 19 heteroatoms. The average Bonchev–Trinajstić information content (AvgIpc) is 3.54. The van der Waals surface area contributed by atoms with Crippen molar-refractivity contribution in [1.82, 2.24) is 0 Å². The Hall–Kier alpha value is -1.02. The summed E-state index contributed by atoms with van der Waals surface area (Å²) in [5, 5.41) is 139. The second-order valence-corrected chi connectivity index (χ2v) is 23.0. The molecule has 3 aliphatic heterocycles. The quantitative estimate of drug-likeness (QED) is 0.0924. The smallest absolute Gasteiger partial charge is 0.187 e. The first-order valence-corrected chi connectivity index (χ1v) is 24.5. The predicted molar refractivity (Wildman–Crippen MR) is 235 cm³/mol. The molecule has 7 aliphatic rings. The average molecular weight is 963 g/mol. The van der Waals surface area contributed by atoms with Gasteiger partial charge in [0, 0.05) is 10.8 Å². The van der Waals surface area contributed by atoms with Crippen LogP contribution in [0, 0.1) is 45.3 Å². The van der Waals surface area contributed by atoms with E-state index in [1.54, 1.807) is 13.8 Å². The highest BCUT2D eigenvalue weighted by molar-refractivity contribution is 5.32. The second-order valence-electron chi connectivity index (χ2n) is 23.0. The van der Waals surface area contributed by atoms with Crippen LogP contribution in [0.25, 0.3) is 0 Å². The number of ether oxygens (including phenoxy) is 6. The molecule has 6 fully saturated rings. The number of fused-ring (bicyclic) bond motifs is 5. The Kier molecular flexibility index (Phi) is 15.9. The summed E-state index contributed by atoms with van der Waals surface area (Å²) >= 11 is 0. The summed E-state index contributed by atoms with van der Waals surface area (Å²) in [6.45, 7) is 14.5. The fourth-order valence-electron chi connectivity index (χ4n) is 14.2. The molecule has 0 radical (unpaired) electrons. The maximum absolute atomic E-state index is 12.6. The molecular weight excluding hydrogens is 881 g/mol. The van der Waals surface area contributed by atoms with E-state index < -0.39 is 147 Å². The summed E-state index contributed by atoms with van der Waals surface area (Å²) in [4.78, 5) is 0. The first-order chi connectivity index (χ1) is 31.2. The van der Waals surface area contributed by atoms with Gasteiger partial charge in [0.2, 0.25) is 0 Å². The predicted octanol–water partition coefficient (Wildman–Crippen LogP) is -1.06. The van der Waals surface area contributed by atoms with Crippen LogP contribution >= 0.6 is 0 Å². The fraction of sp³-hybridized carbons (Fsp3) is 0.958. The highest BCUT2D eigenvalue weighted by Crippen LogP contribution is 2.75. The maximum Gasteiger partial charge on any atom is 0.187 e. The van der Waals surface area contributed by atoms with Crippen LogP contribution in [-0.4, -0.2) is 202 Å². The first-order valence-electron chi connectivity index (χ1n) is 24.5. The number of allylic oxidation sites excluding steroid dienone is 1. The van der Waals surface area contributed by atoms with Crippen LogP contribution in [0.3, 0.4) is 0 Å². The van der Waals surface area contributed by atoms with Gasteiger partial charge in [-0.15, -0.1) is 0 Å². The zero-order valence-corrected chi connectivity index (χ0v) is 40.3.